The molecule has 1 aromatic heterocycles. The molecule has 162 valence electrons. The first-order valence-electron chi connectivity index (χ1n) is 10.2. The molecule has 0 radical (unpaired) electrons. The van der Waals surface area contributed by atoms with Crippen molar-refractivity contribution in [3.8, 4) is 0 Å². The van der Waals surface area contributed by atoms with E-state index in [1.54, 1.807) is 0 Å². The molecule has 4 heterocycles. The fourth-order valence-electron chi connectivity index (χ4n) is 4.57. The number of halogens is 3. The van der Waals surface area contributed by atoms with Gasteiger partial charge in [-0.1, -0.05) is 6.08 Å². The molecule has 3 aliphatic heterocycles. The Kier molecular flexibility index (Phi) is 5.19. The van der Waals surface area contributed by atoms with Gasteiger partial charge in [0.05, 0.1) is 5.69 Å². The van der Waals surface area contributed by atoms with Crippen LogP contribution in [0.2, 0.25) is 0 Å². The lowest BCUT2D eigenvalue weighted by molar-refractivity contribution is -0.188. The molecule has 2 atom stereocenters. The van der Waals surface area contributed by atoms with E-state index in [9.17, 15) is 18.3 Å². The van der Waals surface area contributed by atoms with Crippen LogP contribution in [0.4, 0.5) is 18.9 Å². The van der Waals surface area contributed by atoms with Crippen molar-refractivity contribution in [2.45, 2.75) is 31.0 Å². The molecular formula is C20H23F3N4O2S. The average Bonchev–Trinajstić information content (AvgIpc) is 3.43. The number of hydrogen-bond acceptors (Lipinski definition) is 7. The monoisotopic (exact) mass is 440 g/mol. The maximum absolute atomic E-state index is 12.9. The fraction of sp³-hybridized carbons (Fsp3) is 0.600. The number of benzene rings is 1. The number of nitrogens with zero attached hydrogens (tertiary/aromatic N) is 4. The van der Waals surface area contributed by atoms with E-state index in [1.807, 2.05) is 12.1 Å². The van der Waals surface area contributed by atoms with Crippen molar-refractivity contribution in [3.63, 3.8) is 0 Å². The summed E-state index contributed by atoms with van der Waals surface area (Å²) in [5, 5.41) is 17.6. The van der Waals surface area contributed by atoms with Gasteiger partial charge in [-0.25, -0.2) is 4.63 Å². The highest BCUT2D eigenvalue weighted by Crippen LogP contribution is 2.43. The Morgan fingerprint density at radius 2 is 1.97 bits per heavy atom. The van der Waals surface area contributed by atoms with E-state index < -0.39 is 12.3 Å². The van der Waals surface area contributed by atoms with E-state index in [1.165, 1.54) is 32.0 Å². The van der Waals surface area contributed by atoms with Crippen molar-refractivity contribution < 1.29 is 22.9 Å². The molecule has 30 heavy (non-hydrogen) atoms. The molecule has 0 aliphatic carbocycles. The minimum Gasteiger partial charge on any atom is -0.379 e. The summed E-state index contributed by atoms with van der Waals surface area (Å²) >= 11 is 1.05. The van der Waals surface area contributed by atoms with E-state index in [2.05, 4.69) is 20.1 Å². The molecule has 10 heteroatoms. The highest BCUT2D eigenvalue weighted by atomic mass is 32.2. The summed E-state index contributed by atoms with van der Waals surface area (Å²) < 4.78 is 43.5. The van der Waals surface area contributed by atoms with E-state index >= 15 is 0 Å². The number of aromatic nitrogens is 2. The van der Waals surface area contributed by atoms with Crippen LogP contribution in [0.3, 0.4) is 0 Å². The molecular weight excluding hydrogens is 417 g/mol. The number of alkyl halides is 3. The van der Waals surface area contributed by atoms with Crippen LogP contribution in [-0.4, -0.2) is 71.1 Å². The first-order valence-corrected chi connectivity index (χ1v) is 11.2. The predicted octanol–water partition coefficient (Wildman–Crippen LogP) is 3.39. The molecule has 1 aromatic carbocycles. The number of aliphatic hydroxyl groups is 1. The van der Waals surface area contributed by atoms with E-state index in [-0.39, 0.29) is 10.8 Å². The molecule has 2 unspecified atom stereocenters. The fourth-order valence-corrected chi connectivity index (χ4v) is 5.78. The van der Waals surface area contributed by atoms with Crippen LogP contribution in [0.15, 0.2) is 27.7 Å². The highest BCUT2D eigenvalue weighted by molar-refractivity contribution is 8.03. The Balaban J connectivity index is 1.35. The summed E-state index contributed by atoms with van der Waals surface area (Å²) in [6.07, 6.45) is -3.00. The molecule has 0 bridgehead atoms. The van der Waals surface area contributed by atoms with Gasteiger partial charge in [0.1, 0.15) is 5.52 Å². The molecule has 2 aromatic rings. The van der Waals surface area contributed by atoms with Gasteiger partial charge in [0.25, 0.3) is 0 Å². The quantitative estimate of drug-likeness (QED) is 0.765. The molecule has 5 rings (SSSR count). The number of rotatable bonds is 5. The van der Waals surface area contributed by atoms with Gasteiger partial charge in [0, 0.05) is 42.1 Å². The molecule has 3 aliphatic rings. The Labute approximate surface area is 176 Å². The largest absolute Gasteiger partial charge is 0.419 e. The Morgan fingerprint density at radius 3 is 2.70 bits per heavy atom. The first kappa shape index (κ1) is 20.1. The molecule has 0 spiro atoms. The summed E-state index contributed by atoms with van der Waals surface area (Å²) in [6, 6.07) is 3.81. The lowest BCUT2D eigenvalue weighted by Gasteiger charge is -2.42. The molecule has 1 N–H and O–H groups in total. The second-order valence-corrected chi connectivity index (χ2v) is 9.47. The predicted molar refractivity (Wildman–Crippen MR) is 109 cm³/mol. The van der Waals surface area contributed by atoms with E-state index in [4.69, 9.17) is 4.63 Å². The summed E-state index contributed by atoms with van der Waals surface area (Å²) in [5.74, 6) is 0.844. The minimum atomic E-state index is -4.65. The molecule has 2 saturated heterocycles. The van der Waals surface area contributed by atoms with Crippen molar-refractivity contribution in [1.82, 2.24) is 15.2 Å². The topological polar surface area (TPSA) is 65.6 Å². The zero-order chi connectivity index (χ0) is 20.9. The van der Waals surface area contributed by atoms with Crippen LogP contribution >= 0.6 is 11.8 Å². The number of likely N-dealkylation sites (tertiary alicyclic amines) is 1. The summed E-state index contributed by atoms with van der Waals surface area (Å²) in [7, 11) is 0. The van der Waals surface area contributed by atoms with Gasteiger partial charge < -0.3 is 14.9 Å². The number of anilines is 1. The minimum absolute atomic E-state index is 0.0398. The van der Waals surface area contributed by atoms with Crippen LogP contribution < -0.4 is 4.90 Å². The number of aliphatic hydroxyl groups excluding tert-OH is 1. The molecule has 0 saturated carbocycles. The van der Waals surface area contributed by atoms with Crippen LogP contribution in [0.25, 0.3) is 11.0 Å². The third kappa shape index (κ3) is 3.80. The maximum atomic E-state index is 12.9. The number of fused-ring (bicyclic) bond motifs is 1. The second-order valence-electron chi connectivity index (χ2n) is 8.38. The third-order valence-corrected chi connectivity index (χ3v) is 7.40. The lowest BCUT2D eigenvalue weighted by Crippen LogP contribution is -2.51. The van der Waals surface area contributed by atoms with Crippen molar-refractivity contribution >= 4 is 28.5 Å². The van der Waals surface area contributed by atoms with Gasteiger partial charge in [0.2, 0.25) is 0 Å². The summed E-state index contributed by atoms with van der Waals surface area (Å²) in [6.45, 7) is 5.32. The summed E-state index contributed by atoms with van der Waals surface area (Å²) in [5.41, 5.74) is 3.08. The smallest absolute Gasteiger partial charge is 0.379 e. The second kappa shape index (κ2) is 7.72. The van der Waals surface area contributed by atoms with Crippen molar-refractivity contribution in [2.75, 3.05) is 43.4 Å². The van der Waals surface area contributed by atoms with Crippen LogP contribution in [0.5, 0.6) is 0 Å². The zero-order valence-electron chi connectivity index (χ0n) is 16.3. The van der Waals surface area contributed by atoms with Crippen molar-refractivity contribution in [3.05, 3.63) is 28.7 Å². The Morgan fingerprint density at radius 1 is 1.20 bits per heavy atom. The number of hydrogen-bond donors (Lipinski definition) is 1. The van der Waals surface area contributed by atoms with Gasteiger partial charge >= 0.3 is 6.18 Å². The van der Waals surface area contributed by atoms with Gasteiger partial charge in [-0.2, -0.15) is 13.2 Å². The van der Waals surface area contributed by atoms with Crippen LogP contribution in [0.1, 0.15) is 24.3 Å². The average molecular weight is 440 g/mol. The zero-order valence-corrected chi connectivity index (χ0v) is 17.1. The number of allylic oxidation sites excluding steroid dienone is 1. The highest BCUT2D eigenvalue weighted by Gasteiger charge is 2.42. The first-order chi connectivity index (χ1) is 14.4. The molecule has 2 fully saturated rings. The van der Waals surface area contributed by atoms with Crippen molar-refractivity contribution in [1.29, 1.82) is 0 Å². The Bertz CT molecular complexity index is 951. The standard InChI is InChI=1S/C20H23F3N4O2S/c21-20(22,23)19(28)17-7-14(11-30-17)13-5-15-18(25-29-24-15)16(6-13)27-9-12(10-27)8-26-3-1-2-4-26/h5-7,12,14,19,28H,1-4,8-11H2. The van der Waals surface area contributed by atoms with E-state index in [0.717, 1.165) is 42.6 Å². The summed E-state index contributed by atoms with van der Waals surface area (Å²) in [4.78, 5) is 4.72. The van der Waals surface area contributed by atoms with E-state index in [0.29, 0.717) is 22.7 Å². The molecule has 6 nitrogen and oxygen atoms in total. The van der Waals surface area contributed by atoms with Crippen LogP contribution in [-0.2, 0) is 0 Å². The van der Waals surface area contributed by atoms with Gasteiger partial charge in [-0.05, 0) is 53.9 Å². The van der Waals surface area contributed by atoms with Gasteiger partial charge in [-0.15, -0.1) is 11.8 Å². The maximum Gasteiger partial charge on any atom is 0.419 e. The normalized spacial score (nSPS) is 24.5. The lowest BCUT2D eigenvalue weighted by atomic mass is 9.94. The molecule has 0 amide bonds. The SMILES string of the molecule is OC(C1=CC(c2cc(N3CC(CN4CCCC4)C3)c3nonc3c2)CS1)C(F)(F)F. The Hall–Kier alpha value is -1.78. The van der Waals surface area contributed by atoms with Gasteiger partial charge in [0.15, 0.2) is 11.6 Å². The third-order valence-electron chi connectivity index (χ3n) is 6.18. The van der Waals surface area contributed by atoms with Crippen LogP contribution in [0, 0.1) is 5.92 Å². The van der Waals surface area contributed by atoms with Gasteiger partial charge in [-0.3, -0.25) is 0 Å². The number of thioether (sulfide) groups is 1. The van der Waals surface area contributed by atoms with Crippen molar-refractivity contribution in [2.24, 2.45) is 5.92 Å².